The Kier molecular flexibility index (Phi) is 5.70. The van der Waals surface area contributed by atoms with Crippen molar-refractivity contribution >= 4 is 17.2 Å². The molecule has 0 saturated carbocycles. The van der Waals surface area contributed by atoms with Crippen molar-refractivity contribution < 1.29 is 9.50 Å². The lowest BCUT2D eigenvalue weighted by Crippen LogP contribution is -2.46. The molecule has 6 nitrogen and oxygen atoms in total. The second kappa shape index (κ2) is 8.16. The van der Waals surface area contributed by atoms with E-state index in [4.69, 9.17) is 0 Å². The number of halogens is 1. The first-order valence-electron chi connectivity index (χ1n) is 10.4. The van der Waals surface area contributed by atoms with Gasteiger partial charge in [-0.3, -0.25) is 4.90 Å². The van der Waals surface area contributed by atoms with Crippen LogP contribution in [-0.2, 0) is 0 Å². The highest BCUT2D eigenvalue weighted by atomic mass is 32.1. The molecule has 0 aliphatic carbocycles. The van der Waals surface area contributed by atoms with Crippen LogP contribution in [0.3, 0.4) is 0 Å². The molecule has 8 heteroatoms. The lowest BCUT2D eigenvalue weighted by molar-refractivity contribution is 0.127. The van der Waals surface area contributed by atoms with E-state index in [0.717, 1.165) is 30.3 Å². The molecule has 3 heterocycles. The van der Waals surface area contributed by atoms with E-state index >= 15 is 0 Å². The summed E-state index contributed by atoms with van der Waals surface area (Å²) in [6.07, 6.45) is 2.69. The molecule has 1 aliphatic rings. The summed E-state index contributed by atoms with van der Waals surface area (Å²) in [5.41, 5.74) is 1.22. The van der Waals surface area contributed by atoms with Crippen molar-refractivity contribution in [3.05, 3.63) is 41.3 Å². The highest BCUT2D eigenvalue weighted by molar-refractivity contribution is 7.15. The number of nitrogens with zero attached hydrogens (tertiary/aromatic N) is 5. The average Bonchev–Trinajstić information content (AvgIpc) is 3.38. The number of rotatable bonds is 4. The first kappa shape index (κ1) is 21.6. The molecular weight excluding hydrogens is 413 g/mol. The van der Waals surface area contributed by atoms with E-state index in [1.807, 2.05) is 13.0 Å². The Balaban J connectivity index is 1.53. The summed E-state index contributed by atoms with van der Waals surface area (Å²) in [5.74, 6) is 0.345. The molecule has 1 N–H and O–H groups in total. The number of aromatic hydroxyl groups is 1. The van der Waals surface area contributed by atoms with Crippen LogP contribution in [0.1, 0.15) is 32.2 Å². The fraction of sp³-hybridized carbons (Fsp3) is 0.435. The Bertz CT molecular complexity index is 1080. The number of phenols is 1. The number of anilines is 1. The summed E-state index contributed by atoms with van der Waals surface area (Å²) in [5, 5.41) is 20.0. The van der Waals surface area contributed by atoms with Crippen LogP contribution >= 0.6 is 11.3 Å². The first-order valence-corrected chi connectivity index (χ1v) is 11.2. The van der Waals surface area contributed by atoms with Gasteiger partial charge in [-0.15, -0.1) is 21.5 Å². The molecule has 4 rings (SSSR count). The largest absolute Gasteiger partial charge is 0.507 e. The van der Waals surface area contributed by atoms with Gasteiger partial charge in [-0.1, -0.05) is 0 Å². The molecule has 164 valence electrons. The summed E-state index contributed by atoms with van der Waals surface area (Å²) in [6, 6.07) is 6.88. The molecule has 0 amide bonds. The van der Waals surface area contributed by atoms with Gasteiger partial charge in [-0.05, 0) is 65.4 Å². The fourth-order valence-corrected chi connectivity index (χ4v) is 4.69. The van der Waals surface area contributed by atoms with E-state index in [9.17, 15) is 9.50 Å². The molecule has 1 saturated heterocycles. The third kappa shape index (κ3) is 4.41. The van der Waals surface area contributed by atoms with Crippen molar-refractivity contribution in [1.29, 1.82) is 0 Å². The minimum atomic E-state index is -0.421. The van der Waals surface area contributed by atoms with E-state index in [1.54, 1.807) is 12.3 Å². The quantitative estimate of drug-likeness (QED) is 0.632. The van der Waals surface area contributed by atoms with E-state index in [-0.39, 0.29) is 11.3 Å². The Hall–Kier alpha value is -2.58. The Morgan fingerprint density at radius 3 is 2.58 bits per heavy atom. The second-order valence-electron chi connectivity index (χ2n) is 9.04. The van der Waals surface area contributed by atoms with Gasteiger partial charge >= 0.3 is 0 Å². The molecule has 0 radical (unpaired) electrons. The van der Waals surface area contributed by atoms with Gasteiger partial charge in [0.1, 0.15) is 11.6 Å². The maximum atomic E-state index is 14.8. The van der Waals surface area contributed by atoms with E-state index < -0.39 is 5.82 Å². The van der Waals surface area contributed by atoms with Gasteiger partial charge in [-0.2, -0.15) is 0 Å². The van der Waals surface area contributed by atoms with Gasteiger partial charge in [0.2, 0.25) is 0 Å². The van der Waals surface area contributed by atoms with Crippen LogP contribution in [0.4, 0.5) is 10.2 Å². The monoisotopic (exact) mass is 441 g/mol. The maximum absolute atomic E-state index is 14.8. The van der Waals surface area contributed by atoms with Crippen molar-refractivity contribution in [2.75, 3.05) is 25.0 Å². The standard InChI is InChI=1S/C23H28FN5OS/c1-14-25-12-21(31-14)16-11-20(30)17(10-18(16)24)19-6-7-22(27-26-19)29-9-8-15(13-29)28(5)23(2,3)4/h6-7,10-12,15,30H,8-9,13H2,1-5H3/t15-/m1/s1. The van der Waals surface area contributed by atoms with Gasteiger partial charge in [0.15, 0.2) is 5.82 Å². The van der Waals surface area contributed by atoms with Crippen molar-refractivity contribution in [3.63, 3.8) is 0 Å². The molecule has 1 aliphatic heterocycles. The summed E-state index contributed by atoms with van der Waals surface area (Å²) in [4.78, 5) is 9.47. The average molecular weight is 442 g/mol. The zero-order valence-corrected chi connectivity index (χ0v) is 19.4. The Morgan fingerprint density at radius 1 is 1.19 bits per heavy atom. The molecule has 0 unspecified atom stereocenters. The van der Waals surface area contributed by atoms with Crippen LogP contribution in [0.5, 0.6) is 5.75 Å². The van der Waals surface area contributed by atoms with Crippen LogP contribution in [-0.4, -0.2) is 56.9 Å². The summed E-state index contributed by atoms with van der Waals surface area (Å²) in [6.45, 7) is 10.3. The number of hydrogen-bond acceptors (Lipinski definition) is 7. The van der Waals surface area contributed by atoms with Crippen LogP contribution in [0.2, 0.25) is 0 Å². The van der Waals surface area contributed by atoms with Gasteiger partial charge in [0, 0.05) is 42.0 Å². The predicted octanol–water partition coefficient (Wildman–Crippen LogP) is 4.73. The van der Waals surface area contributed by atoms with Gasteiger partial charge in [0.25, 0.3) is 0 Å². The number of aryl methyl sites for hydroxylation is 1. The molecular formula is C23H28FN5OS. The summed E-state index contributed by atoms with van der Waals surface area (Å²) >= 11 is 1.39. The highest BCUT2D eigenvalue weighted by Crippen LogP contribution is 2.37. The highest BCUT2D eigenvalue weighted by Gasteiger charge is 2.31. The lowest BCUT2D eigenvalue weighted by atomic mass is 10.0. The number of phenolic OH excluding ortho intramolecular Hbond substituents is 1. The fourth-order valence-electron chi connectivity index (χ4n) is 3.89. The third-order valence-corrected chi connectivity index (χ3v) is 6.94. The lowest BCUT2D eigenvalue weighted by Gasteiger charge is -2.36. The minimum absolute atomic E-state index is 0.0301. The molecule has 31 heavy (non-hydrogen) atoms. The van der Waals surface area contributed by atoms with Crippen LogP contribution in [0.25, 0.3) is 21.7 Å². The predicted molar refractivity (Wildman–Crippen MR) is 123 cm³/mol. The van der Waals surface area contributed by atoms with Gasteiger partial charge in [-0.25, -0.2) is 9.37 Å². The van der Waals surface area contributed by atoms with Crippen LogP contribution in [0, 0.1) is 12.7 Å². The summed E-state index contributed by atoms with van der Waals surface area (Å²) < 4.78 is 14.8. The number of likely N-dealkylation sites (N-methyl/N-ethyl adjacent to an activating group) is 1. The Labute approximate surface area is 186 Å². The van der Waals surface area contributed by atoms with Crippen molar-refractivity contribution in [2.24, 2.45) is 0 Å². The number of benzene rings is 1. The molecule has 1 aromatic carbocycles. The van der Waals surface area contributed by atoms with E-state index in [1.165, 1.54) is 23.5 Å². The Morgan fingerprint density at radius 2 is 1.97 bits per heavy atom. The minimum Gasteiger partial charge on any atom is -0.507 e. The first-order chi connectivity index (χ1) is 14.6. The molecule has 1 fully saturated rings. The summed E-state index contributed by atoms with van der Waals surface area (Å²) in [7, 11) is 2.16. The molecule has 0 bridgehead atoms. The number of thiazole rings is 1. The van der Waals surface area contributed by atoms with Crippen molar-refractivity contribution in [2.45, 2.75) is 45.7 Å². The molecule has 2 aromatic heterocycles. The second-order valence-corrected chi connectivity index (χ2v) is 10.3. The molecule has 1 atom stereocenters. The maximum Gasteiger partial charge on any atom is 0.151 e. The number of hydrogen-bond donors (Lipinski definition) is 1. The van der Waals surface area contributed by atoms with Crippen molar-refractivity contribution in [1.82, 2.24) is 20.1 Å². The SMILES string of the molecule is Cc1ncc(-c2cc(O)c(-c3ccc(N4CC[C@@H](N(C)C(C)(C)C)C4)nn3)cc2F)s1. The normalized spacial score (nSPS) is 17.0. The smallest absolute Gasteiger partial charge is 0.151 e. The molecule has 0 spiro atoms. The number of aromatic nitrogens is 3. The van der Waals surface area contributed by atoms with E-state index in [0.29, 0.717) is 27.7 Å². The van der Waals surface area contributed by atoms with Crippen LogP contribution < -0.4 is 4.90 Å². The molecule has 3 aromatic rings. The topological polar surface area (TPSA) is 65.4 Å². The van der Waals surface area contributed by atoms with Gasteiger partial charge < -0.3 is 10.0 Å². The van der Waals surface area contributed by atoms with Gasteiger partial charge in [0.05, 0.1) is 15.6 Å². The van der Waals surface area contributed by atoms with E-state index in [2.05, 4.69) is 52.8 Å². The van der Waals surface area contributed by atoms with Crippen molar-refractivity contribution in [3.8, 4) is 27.4 Å². The zero-order valence-electron chi connectivity index (χ0n) is 18.6. The zero-order chi connectivity index (χ0) is 22.3. The van der Waals surface area contributed by atoms with Crippen LogP contribution in [0.15, 0.2) is 30.5 Å². The third-order valence-electron chi connectivity index (χ3n) is 5.99.